The molecule has 0 amide bonds. The van der Waals surface area contributed by atoms with Crippen molar-refractivity contribution in [3.8, 4) is 0 Å². The Morgan fingerprint density at radius 1 is 1.32 bits per heavy atom. The predicted molar refractivity (Wildman–Crippen MR) is 105 cm³/mol. The topological polar surface area (TPSA) is 72.8 Å². The number of aliphatic imine (C=N–C) groups is 1. The number of aromatic nitrogens is 1. The van der Waals surface area contributed by atoms with E-state index in [1.807, 2.05) is 11.8 Å². The lowest BCUT2D eigenvalue weighted by Crippen LogP contribution is -2.44. The van der Waals surface area contributed by atoms with Gasteiger partial charge in [0, 0.05) is 37.4 Å². The van der Waals surface area contributed by atoms with E-state index in [0.29, 0.717) is 38.0 Å². The van der Waals surface area contributed by atoms with Crippen LogP contribution in [0.25, 0.3) is 0 Å². The van der Waals surface area contributed by atoms with Gasteiger partial charge in [0.2, 0.25) is 0 Å². The monoisotopic (exact) mass is 389 g/mol. The van der Waals surface area contributed by atoms with Gasteiger partial charge >= 0.3 is 0 Å². The first-order chi connectivity index (χ1) is 13.6. The van der Waals surface area contributed by atoms with Crippen LogP contribution in [0.5, 0.6) is 0 Å². The van der Waals surface area contributed by atoms with Crippen LogP contribution in [-0.2, 0) is 13.2 Å². The molecule has 2 aromatic rings. The summed E-state index contributed by atoms with van der Waals surface area (Å²) in [5.74, 6) is 0.273. The van der Waals surface area contributed by atoms with Crippen LogP contribution < -0.4 is 15.5 Å². The lowest BCUT2D eigenvalue weighted by atomic mass is 10.1. The number of nitrogens with zero attached hydrogens (tertiary/aromatic N) is 3. The maximum absolute atomic E-state index is 13.9. The van der Waals surface area contributed by atoms with E-state index < -0.39 is 5.82 Å². The van der Waals surface area contributed by atoms with E-state index in [1.165, 1.54) is 12.1 Å². The molecule has 1 fully saturated rings. The Morgan fingerprint density at radius 2 is 2.18 bits per heavy atom. The Morgan fingerprint density at radius 3 is 2.93 bits per heavy atom. The van der Waals surface area contributed by atoms with Crippen LogP contribution in [0.1, 0.15) is 24.5 Å². The number of pyridine rings is 1. The highest BCUT2D eigenvalue weighted by atomic mass is 19.1. The SMILES string of the molecule is CCNC(=NCc1ccc(F)c(CO)c1)NC1CCN(c2ncccc2F)C1. The Bertz CT molecular complexity index is 830. The van der Waals surface area contributed by atoms with E-state index in [2.05, 4.69) is 20.6 Å². The summed E-state index contributed by atoms with van der Waals surface area (Å²) < 4.78 is 27.5. The number of anilines is 1. The molecule has 1 aliphatic heterocycles. The van der Waals surface area contributed by atoms with Gasteiger partial charge in [-0.25, -0.2) is 18.8 Å². The Kier molecular flexibility index (Phi) is 6.76. The molecule has 28 heavy (non-hydrogen) atoms. The molecule has 1 unspecified atom stereocenters. The first-order valence-corrected chi connectivity index (χ1v) is 9.39. The van der Waals surface area contributed by atoms with Crippen LogP contribution in [0.2, 0.25) is 0 Å². The summed E-state index contributed by atoms with van der Waals surface area (Å²) in [6.07, 6.45) is 2.43. The van der Waals surface area contributed by atoms with E-state index >= 15 is 0 Å². The molecule has 0 bridgehead atoms. The van der Waals surface area contributed by atoms with Gasteiger partial charge in [-0.2, -0.15) is 0 Å². The summed E-state index contributed by atoms with van der Waals surface area (Å²) in [6.45, 7) is 4.02. The molecule has 150 valence electrons. The minimum absolute atomic E-state index is 0.112. The van der Waals surface area contributed by atoms with Crippen LogP contribution in [0, 0.1) is 11.6 Å². The highest BCUT2D eigenvalue weighted by molar-refractivity contribution is 5.80. The average Bonchev–Trinajstić information content (AvgIpc) is 3.16. The summed E-state index contributed by atoms with van der Waals surface area (Å²) in [4.78, 5) is 10.6. The van der Waals surface area contributed by atoms with E-state index in [0.717, 1.165) is 12.0 Å². The van der Waals surface area contributed by atoms with Gasteiger partial charge in [-0.1, -0.05) is 6.07 Å². The van der Waals surface area contributed by atoms with Gasteiger partial charge in [0.05, 0.1) is 13.2 Å². The molecule has 1 aromatic carbocycles. The van der Waals surface area contributed by atoms with E-state index in [1.54, 1.807) is 24.4 Å². The van der Waals surface area contributed by atoms with Gasteiger partial charge in [-0.05, 0) is 43.2 Å². The number of aliphatic hydroxyl groups is 1. The Balaban J connectivity index is 1.63. The van der Waals surface area contributed by atoms with Crippen molar-refractivity contribution in [2.24, 2.45) is 4.99 Å². The second-order valence-electron chi connectivity index (χ2n) is 6.66. The van der Waals surface area contributed by atoms with Crippen molar-refractivity contribution in [1.82, 2.24) is 15.6 Å². The quantitative estimate of drug-likeness (QED) is 0.522. The van der Waals surface area contributed by atoms with Crippen LogP contribution in [0.4, 0.5) is 14.6 Å². The molecule has 1 aromatic heterocycles. The lowest BCUT2D eigenvalue weighted by molar-refractivity contribution is 0.275. The molecule has 0 saturated carbocycles. The summed E-state index contributed by atoms with van der Waals surface area (Å²) in [6, 6.07) is 7.72. The highest BCUT2D eigenvalue weighted by Gasteiger charge is 2.25. The lowest BCUT2D eigenvalue weighted by Gasteiger charge is -2.20. The summed E-state index contributed by atoms with van der Waals surface area (Å²) >= 11 is 0. The van der Waals surface area contributed by atoms with Crippen LogP contribution >= 0.6 is 0 Å². The molecule has 2 heterocycles. The standard InChI is InChI=1S/C20H25F2N5O/c1-2-23-20(25-11-14-5-6-17(21)15(10-14)13-28)26-16-7-9-27(12-16)19-18(22)4-3-8-24-19/h3-6,8,10,16,28H,2,7,9,11-13H2,1H3,(H2,23,25,26). The fraction of sp³-hybridized carbons (Fsp3) is 0.400. The molecular weight excluding hydrogens is 364 g/mol. The smallest absolute Gasteiger partial charge is 0.191 e. The molecule has 8 heteroatoms. The largest absolute Gasteiger partial charge is 0.392 e. The van der Waals surface area contributed by atoms with Crippen LogP contribution in [0.15, 0.2) is 41.5 Å². The molecule has 1 saturated heterocycles. The summed E-state index contributed by atoms with van der Waals surface area (Å²) in [5.41, 5.74) is 1.07. The number of halogens is 2. The van der Waals surface area contributed by atoms with Gasteiger partial charge in [-0.3, -0.25) is 0 Å². The molecule has 6 nitrogen and oxygen atoms in total. The van der Waals surface area contributed by atoms with Gasteiger partial charge in [0.25, 0.3) is 0 Å². The Labute approximate surface area is 163 Å². The van der Waals surface area contributed by atoms with Gasteiger partial charge in [0.1, 0.15) is 5.82 Å². The summed E-state index contributed by atoms with van der Waals surface area (Å²) in [5, 5.41) is 15.8. The minimum Gasteiger partial charge on any atom is -0.392 e. The van der Waals surface area contributed by atoms with Gasteiger partial charge in [-0.15, -0.1) is 0 Å². The third-order valence-corrected chi connectivity index (χ3v) is 4.61. The second kappa shape index (κ2) is 9.45. The van der Waals surface area contributed by atoms with E-state index in [4.69, 9.17) is 0 Å². The number of hydrogen-bond acceptors (Lipinski definition) is 4. The number of nitrogens with one attached hydrogen (secondary N) is 2. The summed E-state index contributed by atoms with van der Waals surface area (Å²) in [7, 11) is 0. The zero-order valence-electron chi connectivity index (χ0n) is 15.8. The second-order valence-corrected chi connectivity index (χ2v) is 6.66. The van der Waals surface area contributed by atoms with Crippen molar-refractivity contribution in [3.63, 3.8) is 0 Å². The molecular formula is C20H25F2N5O. The number of rotatable bonds is 6. The van der Waals surface area contributed by atoms with Crippen LogP contribution in [-0.4, -0.2) is 41.7 Å². The van der Waals surface area contributed by atoms with Crippen molar-refractivity contribution in [1.29, 1.82) is 0 Å². The van der Waals surface area contributed by atoms with Gasteiger partial charge < -0.3 is 20.6 Å². The minimum atomic E-state index is -0.423. The maximum Gasteiger partial charge on any atom is 0.191 e. The molecule has 1 atom stereocenters. The third-order valence-electron chi connectivity index (χ3n) is 4.61. The fourth-order valence-electron chi connectivity index (χ4n) is 3.21. The fourth-order valence-corrected chi connectivity index (χ4v) is 3.21. The predicted octanol–water partition coefficient (Wildman–Crippen LogP) is 2.19. The number of aliphatic hydroxyl groups excluding tert-OH is 1. The van der Waals surface area contributed by atoms with Crippen molar-refractivity contribution in [2.45, 2.75) is 32.5 Å². The zero-order valence-corrected chi connectivity index (χ0v) is 15.8. The van der Waals surface area contributed by atoms with E-state index in [9.17, 15) is 13.9 Å². The number of hydrogen-bond donors (Lipinski definition) is 3. The van der Waals surface area contributed by atoms with Gasteiger partial charge in [0.15, 0.2) is 17.6 Å². The van der Waals surface area contributed by atoms with Crippen molar-refractivity contribution >= 4 is 11.8 Å². The third kappa shape index (κ3) is 4.95. The molecule has 0 aliphatic carbocycles. The molecule has 0 spiro atoms. The normalized spacial score (nSPS) is 17.1. The highest BCUT2D eigenvalue weighted by Crippen LogP contribution is 2.20. The zero-order chi connectivity index (χ0) is 19.9. The first-order valence-electron chi connectivity index (χ1n) is 9.39. The Hall–Kier alpha value is -2.74. The van der Waals surface area contributed by atoms with Crippen molar-refractivity contribution in [2.75, 3.05) is 24.5 Å². The molecule has 3 rings (SSSR count). The maximum atomic E-state index is 13.9. The van der Waals surface area contributed by atoms with E-state index in [-0.39, 0.29) is 24.0 Å². The number of guanidine groups is 1. The number of benzene rings is 1. The average molecular weight is 389 g/mol. The molecule has 1 aliphatic rings. The molecule has 3 N–H and O–H groups in total. The van der Waals surface area contributed by atoms with Crippen molar-refractivity contribution < 1.29 is 13.9 Å². The van der Waals surface area contributed by atoms with Crippen LogP contribution in [0.3, 0.4) is 0 Å². The first kappa shape index (κ1) is 20.0. The molecule has 0 radical (unpaired) electrons. The van der Waals surface area contributed by atoms with Crippen molar-refractivity contribution in [3.05, 3.63) is 59.3 Å².